The molecule has 5 aliphatic rings. The molecule has 0 spiro atoms. The second-order valence-corrected chi connectivity index (χ2v) is 11.8. The van der Waals surface area contributed by atoms with Gasteiger partial charge in [0.1, 0.15) is 18.5 Å². The van der Waals surface area contributed by atoms with E-state index in [0.717, 1.165) is 25.2 Å². The molecule has 35 heavy (non-hydrogen) atoms. The highest BCUT2D eigenvalue weighted by Gasteiger charge is 2.43. The third-order valence-corrected chi connectivity index (χ3v) is 8.04. The van der Waals surface area contributed by atoms with Crippen LogP contribution in [-0.4, -0.2) is 43.6 Å². The van der Waals surface area contributed by atoms with Gasteiger partial charge in [0.05, 0.1) is 25.0 Å². The van der Waals surface area contributed by atoms with Gasteiger partial charge in [-0.25, -0.2) is 0 Å². The SMILES string of the molecule is C=C(C)CCC1CC1.O=C(OCC1CC1)C1CCC(C(=O)CCC2CC2)C(C(=O)OCC2CO2)C1. The highest BCUT2D eigenvalue weighted by atomic mass is 16.6. The fourth-order valence-corrected chi connectivity index (χ4v) is 4.87. The van der Waals surface area contributed by atoms with Gasteiger partial charge in [-0.15, -0.1) is 6.58 Å². The van der Waals surface area contributed by atoms with E-state index >= 15 is 0 Å². The van der Waals surface area contributed by atoms with Crippen LogP contribution in [0.4, 0.5) is 0 Å². The summed E-state index contributed by atoms with van der Waals surface area (Å²) < 4.78 is 15.9. The lowest BCUT2D eigenvalue weighted by atomic mass is 9.71. The lowest BCUT2D eigenvalue weighted by Gasteiger charge is -2.33. The predicted octanol–water partition coefficient (Wildman–Crippen LogP) is 5.43. The number of allylic oxidation sites excluding steroid dienone is 1. The predicted molar refractivity (Wildman–Crippen MR) is 132 cm³/mol. The van der Waals surface area contributed by atoms with Crippen LogP contribution in [0, 0.1) is 35.5 Å². The van der Waals surface area contributed by atoms with Crippen LogP contribution in [0.3, 0.4) is 0 Å². The van der Waals surface area contributed by atoms with Crippen LogP contribution in [0.5, 0.6) is 0 Å². The van der Waals surface area contributed by atoms with Crippen molar-refractivity contribution < 1.29 is 28.6 Å². The van der Waals surface area contributed by atoms with Crippen molar-refractivity contribution in [3.8, 4) is 0 Å². The van der Waals surface area contributed by atoms with Crippen LogP contribution >= 0.6 is 0 Å². The van der Waals surface area contributed by atoms with Crippen LogP contribution in [-0.2, 0) is 28.6 Å². The minimum Gasteiger partial charge on any atom is -0.465 e. The van der Waals surface area contributed by atoms with Gasteiger partial charge in [0.25, 0.3) is 0 Å². The van der Waals surface area contributed by atoms with Gasteiger partial charge in [-0.2, -0.15) is 0 Å². The number of epoxide rings is 1. The number of ether oxygens (including phenoxy) is 3. The number of esters is 2. The van der Waals surface area contributed by atoms with Crippen LogP contribution < -0.4 is 0 Å². The van der Waals surface area contributed by atoms with Gasteiger partial charge in [-0.3, -0.25) is 14.4 Å². The van der Waals surface area contributed by atoms with Gasteiger partial charge >= 0.3 is 11.9 Å². The van der Waals surface area contributed by atoms with Crippen LogP contribution in [0.25, 0.3) is 0 Å². The molecule has 5 rings (SSSR count). The monoisotopic (exact) mass is 488 g/mol. The molecule has 6 heteroatoms. The largest absolute Gasteiger partial charge is 0.465 e. The Morgan fingerprint density at radius 2 is 1.37 bits per heavy atom. The van der Waals surface area contributed by atoms with E-state index < -0.39 is 5.92 Å². The Balaban J connectivity index is 0.000000308. The molecule has 4 atom stereocenters. The first kappa shape index (κ1) is 26.4. The third-order valence-electron chi connectivity index (χ3n) is 8.04. The maximum absolute atomic E-state index is 12.7. The molecule has 6 nitrogen and oxygen atoms in total. The molecule has 0 amide bonds. The zero-order valence-corrected chi connectivity index (χ0v) is 21.5. The van der Waals surface area contributed by atoms with E-state index in [1.807, 2.05) is 0 Å². The summed E-state index contributed by atoms with van der Waals surface area (Å²) in [6.07, 6.45) is 13.4. The number of carbonyl (C=O) groups excluding carboxylic acids is 3. The highest BCUT2D eigenvalue weighted by molar-refractivity contribution is 5.88. The van der Waals surface area contributed by atoms with E-state index in [9.17, 15) is 14.4 Å². The fraction of sp³-hybridized carbons (Fsp3) is 0.828. The van der Waals surface area contributed by atoms with Gasteiger partial charge in [-0.1, -0.05) is 31.3 Å². The molecule has 0 radical (unpaired) electrons. The first-order valence-electron chi connectivity index (χ1n) is 14.0. The molecular weight excluding hydrogens is 444 g/mol. The zero-order chi connectivity index (χ0) is 24.8. The average Bonchev–Trinajstić information content (AvgIpc) is 3.69. The summed E-state index contributed by atoms with van der Waals surface area (Å²) in [7, 11) is 0. The number of rotatable bonds is 13. The second-order valence-electron chi connectivity index (χ2n) is 11.8. The summed E-state index contributed by atoms with van der Waals surface area (Å²) >= 11 is 0. The Morgan fingerprint density at radius 3 is 1.94 bits per heavy atom. The molecule has 0 N–H and O–H groups in total. The molecular formula is C29H44O6. The maximum atomic E-state index is 12.7. The Morgan fingerprint density at radius 1 is 0.771 bits per heavy atom. The zero-order valence-electron chi connectivity index (χ0n) is 21.5. The standard InChI is InChI=1S/C21H30O6.C8H14/c22-19(8-5-13-1-2-13)17-7-6-15(20(23)26-10-14-3-4-14)9-18(17)21(24)27-12-16-11-25-16;1-7(2)3-4-8-5-6-8/h13-18H,1-12H2;8H,1,3-6H2,2H3. The molecule has 0 bridgehead atoms. The van der Waals surface area contributed by atoms with Crippen LogP contribution in [0.2, 0.25) is 0 Å². The summed E-state index contributed by atoms with van der Waals surface area (Å²) in [6.45, 7) is 7.33. The minimum atomic E-state index is -0.525. The number of hydrogen-bond acceptors (Lipinski definition) is 6. The van der Waals surface area contributed by atoms with Crippen molar-refractivity contribution in [1.29, 1.82) is 0 Å². The van der Waals surface area contributed by atoms with Crippen molar-refractivity contribution in [2.45, 2.75) is 96.5 Å². The topological polar surface area (TPSA) is 82.2 Å². The number of ketones is 1. The quantitative estimate of drug-likeness (QED) is 0.195. The summed E-state index contributed by atoms with van der Waals surface area (Å²) in [5, 5.41) is 0. The summed E-state index contributed by atoms with van der Waals surface area (Å²) in [5.74, 6) is 0.748. The van der Waals surface area contributed by atoms with Crippen molar-refractivity contribution in [1.82, 2.24) is 0 Å². The van der Waals surface area contributed by atoms with E-state index in [-0.39, 0.29) is 42.3 Å². The molecule has 0 aromatic rings. The molecule has 4 unspecified atom stereocenters. The molecule has 0 aromatic carbocycles. The van der Waals surface area contributed by atoms with Crippen molar-refractivity contribution in [3.05, 3.63) is 12.2 Å². The molecule has 0 aromatic heterocycles. The van der Waals surface area contributed by atoms with Crippen molar-refractivity contribution >= 4 is 17.7 Å². The van der Waals surface area contributed by atoms with Crippen molar-refractivity contribution in [2.24, 2.45) is 35.5 Å². The highest BCUT2D eigenvalue weighted by Crippen LogP contribution is 2.40. The normalized spacial score (nSPS) is 29.4. The van der Waals surface area contributed by atoms with Gasteiger partial charge in [-0.05, 0) is 76.0 Å². The van der Waals surface area contributed by atoms with Crippen LogP contribution in [0.15, 0.2) is 12.2 Å². The van der Waals surface area contributed by atoms with E-state index in [0.29, 0.717) is 50.7 Å². The average molecular weight is 489 g/mol. The smallest absolute Gasteiger partial charge is 0.309 e. The van der Waals surface area contributed by atoms with E-state index in [4.69, 9.17) is 14.2 Å². The summed E-state index contributed by atoms with van der Waals surface area (Å²) in [6, 6.07) is 0. The van der Waals surface area contributed by atoms with Gasteiger partial charge in [0, 0.05) is 12.3 Å². The third kappa shape index (κ3) is 9.70. The second kappa shape index (κ2) is 12.5. The number of carbonyl (C=O) groups is 3. The molecule has 4 saturated carbocycles. The lowest BCUT2D eigenvalue weighted by Crippen LogP contribution is -2.39. The lowest BCUT2D eigenvalue weighted by molar-refractivity contribution is -0.160. The van der Waals surface area contributed by atoms with Crippen molar-refractivity contribution in [2.75, 3.05) is 19.8 Å². The molecule has 1 heterocycles. The van der Waals surface area contributed by atoms with E-state index in [1.54, 1.807) is 0 Å². The van der Waals surface area contributed by atoms with Gasteiger partial charge in [0.15, 0.2) is 0 Å². The molecule has 1 saturated heterocycles. The Bertz CT molecular complexity index is 759. The first-order chi connectivity index (χ1) is 16.9. The minimum absolute atomic E-state index is 0.000799. The summed E-state index contributed by atoms with van der Waals surface area (Å²) in [5.41, 5.74) is 1.34. The molecule has 1 aliphatic heterocycles. The first-order valence-corrected chi connectivity index (χ1v) is 14.0. The Labute approximate surface area is 210 Å². The Kier molecular flexibility index (Phi) is 9.43. The maximum Gasteiger partial charge on any atom is 0.309 e. The van der Waals surface area contributed by atoms with E-state index in [2.05, 4.69) is 13.5 Å². The number of Topliss-reactive ketones (excluding diaryl/α,β-unsaturated/α-hetero) is 1. The molecule has 5 fully saturated rings. The molecule has 4 aliphatic carbocycles. The Hall–Kier alpha value is -1.69. The summed E-state index contributed by atoms with van der Waals surface area (Å²) in [4.78, 5) is 37.8. The molecule has 196 valence electrons. The number of hydrogen-bond donors (Lipinski definition) is 0. The fourth-order valence-electron chi connectivity index (χ4n) is 4.87. The van der Waals surface area contributed by atoms with Gasteiger partial charge in [0.2, 0.25) is 0 Å². The van der Waals surface area contributed by atoms with Crippen LogP contribution in [0.1, 0.15) is 90.4 Å². The van der Waals surface area contributed by atoms with Crippen molar-refractivity contribution in [3.63, 3.8) is 0 Å². The van der Waals surface area contributed by atoms with E-state index in [1.165, 1.54) is 44.1 Å². The van der Waals surface area contributed by atoms with Gasteiger partial charge < -0.3 is 14.2 Å².